The number of rotatable bonds is 6. The van der Waals surface area contributed by atoms with E-state index < -0.39 is 5.97 Å². The summed E-state index contributed by atoms with van der Waals surface area (Å²) in [5, 5.41) is 14.1. The molecule has 1 rings (SSSR count). The molecule has 0 unspecified atom stereocenters. The minimum atomic E-state index is -0.783. The number of likely N-dealkylation sites (tertiary alicyclic amines) is 1. The van der Waals surface area contributed by atoms with Gasteiger partial charge in [0, 0.05) is 39.0 Å². The number of carbonyl (C=O) groups excluding carboxylic acids is 2. The fourth-order valence-electron chi connectivity index (χ4n) is 2.27. The Morgan fingerprint density at radius 3 is 2.40 bits per heavy atom. The van der Waals surface area contributed by atoms with Gasteiger partial charge in [-0.1, -0.05) is 0 Å². The van der Waals surface area contributed by atoms with E-state index in [4.69, 9.17) is 5.11 Å². The summed E-state index contributed by atoms with van der Waals surface area (Å²) in [5.74, 6) is -0.699. The maximum absolute atomic E-state index is 11.8. The van der Waals surface area contributed by atoms with Gasteiger partial charge in [0.05, 0.1) is 0 Å². The topological polar surface area (TPSA) is 98.7 Å². The van der Waals surface area contributed by atoms with Crippen molar-refractivity contribution in [3.63, 3.8) is 0 Å². The van der Waals surface area contributed by atoms with Crippen LogP contribution in [0.2, 0.25) is 0 Å². The summed E-state index contributed by atoms with van der Waals surface area (Å²) in [4.78, 5) is 35.3. The first-order valence-corrected chi connectivity index (χ1v) is 7.04. The van der Waals surface area contributed by atoms with Crippen LogP contribution in [0.1, 0.15) is 32.6 Å². The molecule has 0 aromatic heterocycles. The first kappa shape index (κ1) is 16.3. The van der Waals surface area contributed by atoms with E-state index >= 15 is 0 Å². The summed E-state index contributed by atoms with van der Waals surface area (Å²) in [6.45, 7) is 3.90. The molecule has 0 radical (unpaired) electrons. The van der Waals surface area contributed by atoms with Crippen LogP contribution in [-0.4, -0.2) is 54.1 Å². The molecule has 0 spiro atoms. The molecule has 3 amide bonds. The van der Waals surface area contributed by atoms with Gasteiger partial charge in [-0.15, -0.1) is 0 Å². The van der Waals surface area contributed by atoms with Crippen molar-refractivity contribution in [2.45, 2.75) is 32.6 Å². The van der Waals surface area contributed by atoms with Crippen molar-refractivity contribution in [1.29, 1.82) is 0 Å². The summed E-state index contributed by atoms with van der Waals surface area (Å²) in [6.07, 6.45) is 1.88. The second-order valence-corrected chi connectivity index (χ2v) is 4.96. The third-order valence-electron chi connectivity index (χ3n) is 3.37. The van der Waals surface area contributed by atoms with Crippen LogP contribution < -0.4 is 10.6 Å². The number of hydrogen-bond donors (Lipinski definition) is 3. The maximum Gasteiger partial charge on any atom is 0.317 e. The zero-order valence-corrected chi connectivity index (χ0v) is 11.9. The highest BCUT2D eigenvalue weighted by Crippen LogP contribution is 2.20. The molecule has 0 saturated carbocycles. The lowest BCUT2D eigenvalue weighted by molar-refractivity contribution is -0.138. The van der Waals surface area contributed by atoms with Crippen LogP contribution in [0.4, 0.5) is 4.79 Å². The number of nitrogens with one attached hydrogen (secondary N) is 2. The van der Waals surface area contributed by atoms with E-state index in [0.29, 0.717) is 26.2 Å². The number of hydrogen-bond acceptors (Lipinski definition) is 3. The molecule has 1 saturated heterocycles. The first-order chi connectivity index (χ1) is 9.52. The Bertz CT molecular complexity index is 352. The first-order valence-electron chi connectivity index (χ1n) is 7.04. The highest BCUT2D eigenvalue weighted by Gasteiger charge is 2.24. The Labute approximate surface area is 118 Å². The zero-order chi connectivity index (χ0) is 15.0. The highest BCUT2D eigenvalue weighted by molar-refractivity contribution is 5.78. The molecule has 20 heavy (non-hydrogen) atoms. The molecular formula is C13H23N3O4. The average molecular weight is 285 g/mol. The lowest BCUT2D eigenvalue weighted by Gasteiger charge is -2.31. The molecule has 1 heterocycles. The van der Waals surface area contributed by atoms with Gasteiger partial charge in [-0.05, 0) is 25.7 Å². The quantitative estimate of drug-likeness (QED) is 0.658. The van der Waals surface area contributed by atoms with Crippen LogP contribution >= 0.6 is 0 Å². The number of nitrogens with zero attached hydrogens (tertiary/aromatic N) is 1. The second kappa shape index (κ2) is 8.39. The third kappa shape index (κ3) is 5.90. The summed E-state index contributed by atoms with van der Waals surface area (Å²) in [7, 11) is 0. The predicted octanol–water partition coefficient (Wildman–Crippen LogP) is 0.409. The van der Waals surface area contributed by atoms with Gasteiger partial charge < -0.3 is 20.6 Å². The lowest BCUT2D eigenvalue weighted by Crippen LogP contribution is -2.45. The number of piperidine rings is 1. The van der Waals surface area contributed by atoms with Crippen LogP contribution in [0, 0.1) is 5.92 Å². The Morgan fingerprint density at radius 1 is 1.20 bits per heavy atom. The van der Waals surface area contributed by atoms with E-state index in [0.717, 1.165) is 12.8 Å². The van der Waals surface area contributed by atoms with Crippen molar-refractivity contribution in [3.05, 3.63) is 0 Å². The second-order valence-electron chi connectivity index (χ2n) is 4.96. The Morgan fingerprint density at radius 2 is 1.85 bits per heavy atom. The molecule has 0 atom stereocenters. The van der Waals surface area contributed by atoms with Crippen molar-refractivity contribution in [2.24, 2.45) is 5.92 Å². The number of urea groups is 1. The van der Waals surface area contributed by atoms with E-state index in [1.807, 2.05) is 6.92 Å². The maximum atomic E-state index is 11.8. The van der Waals surface area contributed by atoms with Crippen molar-refractivity contribution in [1.82, 2.24) is 15.5 Å². The van der Waals surface area contributed by atoms with Gasteiger partial charge in [-0.2, -0.15) is 0 Å². The molecule has 1 aliphatic rings. The molecule has 0 bridgehead atoms. The third-order valence-corrected chi connectivity index (χ3v) is 3.37. The molecule has 7 nitrogen and oxygen atoms in total. The van der Waals surface area contributed by atoms with Crippen molar-refractivity contribution >= 4 is 17.9 Å². The SMILES string of the molecule is CCNC(=O)CCNC(=O)N1CCC(CC(=O)O)CC1. The average Bonchev–Trinajstić information content (AvgIpc) is 2.39. The van der Waals surface area contributed by atoms with Crippen molar-refractivity contribution < 1.29 is 19.5 Å². The fourth-order valence-corrected chi connectivity index (χ4v) is 2.27. The van der Waals surface area contributed by atoms with Crippen LogP contribution in [0.25, 0.3) is 0 Å². The van der Waals surface area contributed by atoms with Gasteiger partial charge in [-0.25, -0.2) is 4.79 Å². The predicted molar refractivity (Wildman–Crippen MR) is 73.2 cm³/mol. The lowest BCUT2D eigenvalue weighted by atomic mass is 9.94. The van der Waals surface area contributed by atoms with Crippen molar-refractivity contribution in [2.75, 3.05) is 26.2 Å². The smallest absolute Gasteiger partial charge is 0.317 e. The van der Waals surface area contributed by atoms with Gasteiger partial charge in [0.1, 0.15) is 0 Å². The monoisotopic (exact) mass is 285 g/mol. The minimum absolute atomic E-state index is 0.0760. The fraction of sp³-hybridized carbons (Fsp3) is 0.769. The Balaban J connectivity index is 2.19. The van der Waals surface area contributed by atoms with Crippen LogP contribution in [0.15, 0.2) is 0 Å². The van der Waals surface area contributed by atoms with Gasteiger partial charge in [-0.3, -0.25) is 9.59 Å². The molecule has 114 valence electrons. The van der Waals surface area contributed by atoms with E-state index in [1.165, 1.54) is 0 Å². The van der Waals surface area contributed by atoms with E-state index in [1.54, 1.807) is 4.90 Å². The minimum Gasteiger partial charge on any atom is -0.481 e. The summed E-state index contributed by atoms with van der Waals surface area (Å²) in [6, 6.07) is -0.178. The molecule has 0 aliphatic carbocycles. The normalized spacial score (nSPS) is 15.8. The number of carboxylic acids is 1. The van der Waals surface area contributed by atoms with E-state index in [9.17, 15) is 14.4 Å². The van der Waals surface area contributed by atoms with E-state index in [2.05, 4.69) is 10.6 Å². The standard InChI is InChI=1S/C13H23N3O4/c1-2-14-11(17)3-6-15-13(20)16-7-4-10(5-8-16)9-12(18)19/h10H,2-9H2,1H3,(H,14,17)(H,15,20)(H,18,19). The molecule has 0 aromatic rings. The number of aliphatic carboxylic acids is 1. The molecule has 0 aromatic carbocycles. The molecule has 1 aliphatic heterocycles. The Hall–Kier alpha value is -1.79. The van der Waals surface area contributed by atoms with Crippen LogP contribution in [0.3, 0.4) is 0 Å². The molecule has 1 fully saturated rings. The van der Waals surface area contributed by atoms with Gasteiger partial charge in [0.25, 0.3) is 0 Å². The molecular weight excluding hydrogens is 262 g/mol. The van der Waals surface area contributed by atoms with Gasteiger partial charge >= 0.3 is 12.0 Å². The number of carboxylic acid groups (broad SMARTS) is 1. The number of amides is 3. The highest BCUT2D eigenvalue weighted by atomic mass is 16.4. The van der Waals surface area contributed by atoms with E-state index in [-0.39, 0.29) is 30.7 Å². The van der Waals surface area contributed by atoms with Gasteiger partial charge in [0.15, 0.2) is 0 Å². The summed E-state index contributed by atoms with van der Waals surface area (Å²) in [5.41, 5.74) is 0. The zero-order valence-electron chi connectivity index (χ0n) is 11.9. The Kier molecular flexibility index (Phi) is 6.83. The van der Waals surface area contributed by atoms with Gasteiger partial charge in [0.2, 0.25) is 5.91 Å². The summed E-state index contributed by atoms with van der Waals surface area (Å²) < 4.78 is 0. The van der Waals surface area contributed by atoms with Crippen LogP contribution in [-0.2, 0) is 9.59 Å². The largest absolute Gasteiger partial charge is 0.481 e. The van der Waals surface area contributed by atoms with Crippen LogP contribution in [0.5, 0.6) is 0 Å². The van der Waals surface area contributed by atoms with Crippen molar-refractivity contribution in [3.8, 4) is 0 Å². The number of carbonyl (C=O) groups is 3. The molecule has 7 heteroatoms. The summed E-state index contributed by atoms with van der Waals surface area (Å²) >= 11 is 0. The molecule has 3 N–H and O–H groups in total.